The lowest BCUT2D eigenvalue weighted by molar-refractivity contribution is 1.26. The first-order valence-corrected chi connectivity index (χ1v) is 11.7. The predicted octanol–water partition coefficient (Wildman–Crippen LogP) is 8.88. The van der Waals surface area contributed by atoms with Gasteiger partial charge in [0.25, 0.3) is 0 Å². The number of fused-ring (bicyclic) bond motifs is 3. The van der Waals surface area contributed by atoms with Gasteiger partial charge < -0.3 is 0 Å². The van der Waals surface area contributed by atoms with Crippen LogP contribution in [-0.4, -0.2) is 0 Å². The van der Waals surface area contributed by atoms with E-state index in [0.29, 0.717) is 0 Å². The summed E-state index contributed by atoms with van der Waals surface area (Å²) in [5, 5.41) is 0. The summed E-state index contributed by atoms with van der Waals surface area (Å²) in [6, 6.07) is 40.2. The Kier molecular flexibility index (Phi) is 4.73. The summed E-state index contributed by atoms with van der Waals surface area (Å²) >= 11 is 0. The second-order valence-electron chi connectivity index (χ2n) is 9.13. The number of benzene rings is 5. The smallest absolute Gasteiger partial charge is 0.000705 e. The Labute approximate surface area is 196 Å². The molecule has 0 amide bonds. The molecule has 5 aromatic carbocycles. The van der Waals surface area contributed by atoms with Crippen LogP contribution < -0.4 is 0 Å². The molecule has 1 aliphatic carbocycles. The highest BCUT2D eigenvalue weighted by Crippen LogP contribution is 2.50. The molecule has 1 aliphatic rings. The van der Waals surface area contributed by atoms with Crippen LogP contribution in [0.2, 0.25) is 0 Å². The molecule has 0 heteroatoms. The third-order valence-corrected chi connectivity index (χ3v) is 6.87. The van der Waals surface area contributed by atoms with Crippen LogP contribution in [0.1, 0.15) is 22.3 Å². The Morgan fingerprint density at radius 3 is 1.70 bits per heavy atom. The Morgan fingerprint density at radius 1 is 0.455 bits per heavy atom. The molecule has 5 aromatic rings. The largest absolute Gasteiger partial charge is 0.0622 e. The molecule has 0 bridgehead atoms. The standard InChI is InChI=1S/C33H26/c1-22-12-16-25(17-13-22)32-29(24-8-4-3-5-9-24)21-30-28-11-7-6-10-27(28)20-31(30)33(32)26-18-14-23(2)15-19-26/h3-19,21H,20H2,1-2H3. The maximum absolute atomic E-state index is 2.43. The zero-order chi connectivity index (χ0) is 22.4. The van der Waals surface area contributed by atoms with Crippen molar-refractivity contribution < 1.29 is 0 Å². The summed E-state index contributed by atoms with van der Waals surface area (Å²) in [5.41, 5.74) is 16.0. The molecular weight excluding hydrogens is 396 g/mol. The van der Waals surface area contributed by atoms with E-state index in [0.717, 1.165) is 6.42 Å². The van der Waals surface area contributed by atoms with Gasteiger partial charge in [-0.3, -0.25) is 0 Å². The van der Waals surface area contributed by atoms with Gasteiger partial charge in [-0.25, -0.2) is 0 Å². The van der Waals surface area contributed by atoms with Gasteiger partial charge in [0.15, 0.2) is 0 Å². The minimum Gasteiger partial charge on any atom is -0.0622 e. The fraction of sp³-hybridized carbons (Fsp3) is 0.0909. The van der Waals surface area contributed by atoms with Crippen LogP contribution in [0.4, 0.5) is 0 Å². The predicted molar refractivity (Wildman–Crippen MR) is 140 cm³/mol. The lowest BCUT2D eigenvalue weighted by Gasteiger charge is -2.21. The molecule has 0 saturated carbocycles. The van der Waals surface area contributed by atoms with Crippen LogP contribution in [0.25, 0.3) is 44.5 Å². The molecule has 0 aliphatic heterocycles. The lowest BCUT2D eigenvalue weighted by Crippen LogP contribution is -1.97. The highest BCUT2D eigenvalue weighted by molar-refractivity contribution is 6.01. The number of rotatable bonds is 3. The van der Waals surface area contributed by atoms with Crippen LogP contribution in [0.5, 0.6) is 0 Å². The van der Waals surface area contributed by atoms with Crippen molar-refractivity contribution in [3.05, 3.63) is 131 Å². The van der Waals surface area contributed by atoms with Gasteiger partial charge in [-0.15, -0.1) is 0 Å². The fourth-order valence-electron chi connectivity index (χ4n) is 5.18. The first-order chi connectivity index (χ1) is 16.2. The fourth-order valence-corrected chi connectivity index (χ4v) is 5.18. The maximum Gasteiger partial charge on any atom is -0.000705 e. The van der Waals surface area contributed by atoms with Crippen molar-refractivity contribution in [3.8, 4) is 44.5 Å². The van der Waals surface area contributed by atoms with Crippen molar-refractivity contribution >= 4 is 0 Å². The van der Waals surface area contributed by atoms with E-state index < -0.39 is 0 Å². The van der Waals surface area contributed by atoms with Crippen LogP contribution >= 0.6 is 0 Å². The SMILES string of the molecule is Cc1ccc(-c2c(-c3ccccc3)cc3c(c2-c2ccc(C)cc2)Cc2ccccc2-3)cc1. The molecule has 0 atom stereocenters. The molecule has 6 rings (SSSR count). The van der Waals surface area contributed by atoms with Gasteiger partial charge in [0.2, 0.25) is 0 Å². The molecule has 158 valence electrons. The Balaban J connectivity index is 1.75. The van der Waals surface area contributed by atoms with E-state index >= 15 is 0 Å². The van der Waals surface area contributed by atoms with Gasteiger partial charge in [-0.05, 0) is 82.0 Å². The third-order valence-electron chi connectivity index (χ3n) is 6.87. The van der Waals surface area contributed by atoms with Gasteiger partial charge >= 0.3 is 0 Å². The molecule has 0 fully saturated rings. The monoisotopic (exact) mass is 422 g/mol. The van der Waals surface area contributed by atoms with Crippen molar-refractivity contribution in [3.63, 3.8) is 0 Å². The molecule has 0 aromatic heterocycles. The molecule has 0 spiro atoms. The van der Waals surface area contributed by atoms with Gasteiger partial charge in [0.1, 0.15) is 0 Å². The minimum atomic E-state index is 0.975. The van der Waals surface area contributed by atoms with Crippen molar-refractivity contribution in [1.82, 2.24) is 0 Å². The number of hydrogen-bond acceptors (Lipinski definition) is 0. The Morgan fingerprint density at radius 2 is 1.03 bits per heavy atom. The molecule has 0 heterocycles. The molecule has 0 saturated heterocycles. The number of aryl methyl sites for hydroxylation is 2. The van der Waals surface area contributed by atoms with E-state index in [1.54, 1.807) is 0 Å². The van der Waals surface area contributed by atoms with Crippen LogP contribution in [-0.2, 0) is 6.42 Å². The van der Waals surface area contributed by atoms with Gasteiger partial charge in [-0.1, -0.05) is 114 Å². The lowest BCUT2D eigenvalue weighted by atomic mass is 9.82. The van der Waals surface area contributed by atoms with Crippen molar-refractivity contribution in [2.45, 2.75) is 20.3 Å². The van der Waals surface area contributed by atoms with E-state index in [2.05, 4.69) is 123 Å². The molecule has 33 heavy (non-hydrogen) atoms. The normalized spacial score (nSPS) is 11.8. The van der Waals surface area contributed by atoms with Gasteiger partial charge in [-0.2, -0.15) is 0 Å². The summed E-state index contributed by atoms with van der Waals surface area (Å²) < 4.78 is 0. The van der Waals surface area contributed by atoms with E-state index in [1.165, 1.54) is 66.8 Å². The quantitative estimate of drug-likeness (QED) is 0.267. The van der Waals surface area contributed by atoms with Crippen molar-refractivity contribution in [2.75, 3.05) is 0 Å². The van der Waals surface area contributed by atoms with Crippen molar-refractivity contribution in [1.29, 1.82) is 0 Å². The molecule has 0 N–H and O–H groups in total. The molecule has 0 nitrogen and oxygen atoms in total. The molecule has 0 unspecified atom stereocenters. The average Bonchev–Trinajstić information content (AvgIpc) is 3.23. The van der Waals surface area contributed by atoms with Crippen LogP contribution in [0.3, 0.4) is 0 Å². The molecule has 0 radical (unpaired) electrons. The molecular formula is C33H26. The summed E-state index contributed by atoms with van der Waals surface area (Å²) in [7, 11) is 0. The van der Waals surface area contributed by atoms with Crippen LogP contribution in [0, 0.1) is 13.8 Å². The van der Waals surface area contributed by atoms with E-state index in [-0.39, 0.29) is 0 Å². The van der Waals surface area contributed by atoms with E-state index in [4.69, 9.17) is 0 Å². The minimum absolute atomic E-state index is 0.975. The summed E-state index contributed by atoms with van der Waals surface area (Å²) in [4.78, 5) is 0. The van der Waals surface area contributed by atoms with Crippen LogP contribution in [0.15, 0.2) is 109 Å². The summed E-state index contributed by atoms with van der Waals surface area (Å²) in [6.45, 7) is 4.31. The highest BCUT2D eigenvalue weighted by Gasteiger charge is 2.27. The maximum atomic E-state index is 2.43. The highest BCUT2D eigenvalue weighted by atomic mass is 14.3. The van der Waals surface area contributed by atoms with Gasteiger partial charge in [0.05, 0.1) is 0 Å². The zero-order valence-electron chi connectivity index (χ0n) is 19.1. The van der Waals surface area contributed by atoms with E-state index in [9.17, 15) is 0 Å². The second kappa shape index (κ2) is 7.90. The first-order valence-electron chi connectivity index (χ1n) is 11.7. The Hall–Kier alpha value is -3.90. The topological polar surface area (TPSA) is 0 Å². The van der Waals surface area contributed by atoms with E-state index in [1.807, 2.05) is 0 Å². The summed E-state index contributed by atoms with van der Waals surface area (Å²) in [5.74, 6) is 0. The first kappa shape index (κ1) is 19.8. The summed E-state index contributed by atoms with van der Waals surface area (Å²) in [6.07, 6.45) is 0.975. The number of hydrogen-bond donors (Lipinski definition) is 0. The Bertz CT molecular complexity index is 1450. The third kappa shape index (κ3) is 3.39. The average molecular weight is 423 g/mol. The second-order valence-corrected chi connectivity index (χ2v) is 9.13. The van der Waals surface area contributed by atoms with Crippen molar-refractivity contribution in [2.24, 2.45) is 0 Å². The van der Waals surface area contributed by atoms with Gasteiger partial charge in [0, 0.05) is 0 Å². The zero-order valence-corrected chi connectivity index (χ0v) is 19.1.